The molecule has 17 heavy (non-hydrogen) atoms. The molecule has 4 nitrogen and oxygen atoms in total. The second-order valence-corrected chi connectivity index (χ2v) is 4.31. The van der Waals surface area contributed by atoms with Crippen LogP contribution in [0, 0.1) is 0 Å². The average Bonchev–Trinajstić information content (AvgIpc) is 2.30. The molecule has 0 heterocycles. The Labute approximate surface area is 105 Å². The molecule has 0 saturated heterocycles. The average molecular weight is 242 g/mol. The van der Waals surface area contributed by atoms with E-state index in [9.17, 15) is 9.59 Å². The van der Waals surface area contributed by atoms with Crippen LogP contribution in [0.1, 0.15) is 52.9 Å². The van der Waals surface area contributed by atoms with Crippen molar-refractivity contribution < 1.29 is 9.59 Å². The van der Waals surface area contributed by atoms with Gasteiger partial charge in [0.2, 0.25) is 11.8 Å². The van der Waals surface area contributed by atoms with Gasteiger partial charge in [0, 0.05) is 33.0 Å². The second kappa shape index (κ2) is 10.1. The van der Waals surface area contributed by atoms with Crippen molar-refractivity contribution in [2.45, 2.75) is 52.9 Å². The van der Waals surface area contributed by atoms with E-state index < -0.39 is 0 Å². The maximum Gasteiger partial charge on any atom is 0.221 e. The summed E-state index contributed by atoms with van der Waals surface area (Å²) in [4.78, 5) is 24.5. The number of hydrogen-bond donors (Lipinski definition) is 1. The minimum absolute atomic E-state index is 0.0357. The molecule has 0 aliphatic rings. The Morgan fingerprint density at radius 1 is 1.06 bits per heavy atom. The van der Waals surface area contributed by atoms with Crippen molar-refractivity contribution in [2.75, 3.05) is 19.6 Å². The van der Waals surface area contributed by atoms with Gasteiger partial charge in [0.15, 0.2) is 0 Å². The normalized spacial score (nSPS) is 10.1. The first-order chi connectivity index (χ1) is 8.11. The fourth-order valence-corrected chi connectivity index (χ4v) is 1.57. The van der Waals surface area contributed by atoms with Gasteiger partial charge in [-0.15, -0.1) is 0 Å². The van der Waals surface area contributed by atoms with E-state index in [0.717, 1.165) is 38.8 Å². The number of amides is 2. The van der Waals surface area contributed by atoms with Crippen LogP contribution in [0.15, 0.2) is 0 Å². The van der Waals surface area contributed by atoms with Gasteiger partial charge < -0.3 is 10.2 Å². The van der Waals surface area contributed by atoms with E-state index in [-0.39, 0.29) is 11.8 Å². The summed E-state index contributed by atoms with van der Waals surface area (Å²) < 4.78 is 0. The van der Waals surface area contributed by atoms with Crippen LogP contribution >= 0.6 is 0 Å². The highest BCUT2D eigenvalue weighted by atomic mass is 16.2. The number of hydrogen-bond acceptors (Lipinski definition) is 2. The zero-order chi connectivity index (χ0) is 13.1. The number of rotatable bonds is 9. The SMILES string of the molecule is CCCCCN(CCC(=O)NCCC)C(C)=O. The third-order valence-electron chi connectivity index (χ3n) is 2.66. The number of nitrogens with zero attached hydrogens (tertiary/aromatic N) is 1. The van der Waals surface area contributed by atoms with Gasteiger partial charge in [-0.1, -0.05) is 26.7 Å². The van der Waals surface area contributed by atoms with E-state index in [1.165, 1.54) is 0 Å². The first-order valence-electron chi connectivity index (χ1n) is 6.64. The molecular weight excluding hydrogens is 216 g/mol. The zero-order valence-electron chi connectivity index (χ0n) is 11.4. The van der Waals surface area contributed by atoms with Crippen molar-refractivity contribution >= 4 is 11.8 Å². The molecule has 0 bridgehead atoms. The third kappa shape index (κ3) is 8.72. The molecule has 1 N–H and O–H groups in total. The maximum atomic E-state index is 11.4. The van der Waals surface area contributed by atoms with E-state index in [1.54, 1.807) is 11.8 Å². The van der Waals surface area contributed by atoms with Gasteiger partial charge in [0.1, 0.15) is 0 Å². The summed E-state index contributed by atoms with van der Waals surface area (Å²) in [6, 6.07) is 0. The summed E-state index contributed by atoms with van der Waals surface area (Å²) in [5.74, 6) is 0.0954. The summed E-state index contributed by atoms with van der Waals surface area (Å²) in [5, 5.41) is 2.82. The number of carbonyl (C=O) groups is 2. The highest BCUT2D eigenvalue weighted by molar-refractivity contribution is 5.77. The summed E-state index contributed by atoms with van der Waals surface area (Å²) in [6.07, 6.45) is 4.64. The Hall–Kier alpha value is -1.06. The molecule has 0 aromatic carbocycles. The predicted octanol–water partition coefficient (Wildman–Crippen LogP) is 1.94. The fourth-order valence-electron chi connectivity index (χ4n) is 1.57. The van der Waals surface area contributed by atoms with Crippen molar-refractivity contribution in [1.82, 2.24) is 10.2 Å². The van der Waals surface area contributed by atoms with Gasteiger partial charge in [-0.2, -0.15) is 0 Å². The summed E-state index contributed by atoms with van der Waals surface area (Å²) in [6.45, 7) is 7.74. The highest BCUT2D eigenvalue weighted by Gasteiger charge is 2.10. The van der Waals surface area contributed by atoms with E-state index >= 15 is 0 Å². The van der Waals surface area contributed by atoms with Gasteiger partial charge in [-0.3, -0.25) is 9.59 Å². The minimum atomic E-state index is 0.0357. The molecule has 0 unspecified atom stereocenters. The van der Waals surface area contributed by atoms with Gasteiger partial charge in [0.25, 0.3) is 0 Å². The first-order valence-corrected chi connectivity index (χ1v) is 6.64. The lowest BCUT2D eigenvalue weighted by Gasteiger charge is -2.20. The molecule has 100 valence electrons. The Kier molecular flexibility index (Phi) is 9.49. The number of carbonyl (C=O) groups excluding carboxylic acids is 2. The van der Waals surface area contributed by atoms with E-state index in [2.05, 4.69) is 12.2 Å². The molecule has 0 rings (SSSR count). The van der Waals surface area contributed by atoms with Crippen molar-refractivity contribution in [3.05, 3.63) is 0 Å². The molecule has 0 aliphatic carbocycles. The first kappa shape index (κ1) is 15.9. The standard InChI is InChI=1S/C13H26N2O2/c1-4-6-7-10-15(12(3)16)11-8-13(17)14-9-5-2/h4-11H2,1-3H3,(H,14,17). The lowest BCUT2D eigenvalue weighted by atomic mass is 10.2. The van der Waals surface area contributed by atoms with E-state index in [1.807, 2.05) is 6.92 Å². The van der Waals surface area contributed by atoms with Gasteiger partial charge in [-0.25, -0.2) is 0 Å². The van der Waals surface area contributed by atoms with Crippen LogP contribution in [-0.2, 0) is 9.59 Å². The van der Waals surface area contributed by atoms with E-state index in [0.29, 0.717) is 13.0 Å². The third-order valence-corrected chi connectivity index (χ3v) is 2.66. The Morgan fingerprint density at radius 2 is 1.76 bits per heavy atom. The number of unbranched alkanes of at least 4 members (excludes halogenated alkanes) is 2. The fraction of sp³-hybridized carbons (Fsp3) is 0.846. The highest BCUT2D eigenvalue weighted by Crippen LogP contribution is 2.00. The molecule has 0 fully saturated rings. The molecule has 0 atom stereocenters. The van der Waals surface area contributed by atoms with Crippen LogP contribution < -0.4 is 5.32 Å². The molecule has 0 spiro atoms. The van der Waals surface area contributed by atoms with Gasteiger partial charge >= 0.3 is 0 Å². The molecule has 2 amide bonds. The van der Waals surface area contributed by atoms with Gasteiger partial charge in [0.05, 0.1) is 0 Å². The largest absolute Gasteiger partial charge is 0.356 e. The quantitative estimate of drug-likeness (QED) is 0.628. The van der Waals surface area contributed by atoms with Crippen LogP contribution in [0.2, 0.25) is 0 Å². The van der Waals surface area contributed by atoms with Crippen LogP contribution in [0.5, 0.6) is 0 Å². The van der Waals surface area contributed by atoms with Crippen LogP contribution in [-0.4, -0.2) is 36.3 Å². The van der Waals surface area contributed by atoms with Crippen molar-refractivity contribution in [3.8, 4) is 0 Å². The van der Waals surface area contributed by atoms with Crippen LogP contribution in [0.25, 0.3) is 0 Å². The monoisotopic (exact) mass is 242 g/mol. The van der Waals surface area contributed by atoms with Crippen molar-refractivity contribution in [1.29, 1.82) is 0 Å². The van der Waals surface area contributed by atoms with Gasteiger partial charge in [-0.05, 0) is 12.8 Å². The van der Waals surface area contributed by atoms with Crippen LogP contribution in [0.4, 0.5) is 0 Å². The predicted molar refractivity (Wildman–Crippen MR) is 69.7 cm³/mol. The van der Waals surface area contributed by atoms with Crippen LogP contribution in [0.3, 0.4) is 0 Å². The zero-order valence-corrected chi connectivity index (χ0v) is 11.4. The minimum Gasteiger partial charge on any atom is -0.356 e. The summed E-state index contributed by atoms with van der Waals surface area (Å²) in [5.41, 5.74) is 0. The molecule has 4 heteroatoms. The molecule has 0 saturated carbocycles. The van der Waals surface area contributed by atoms with Crippen molar-refractivity contribution in [3.63, 3.8) is 0 Å². The molecule has 0 aliphatic heterocycles. The van der Waals surface area contributed by atoms with E-state index in [4.69, 9.17) is 0 Å². The Bertz CT molecular complexity index is 229. The summed E-state index contributed by atoms with van der Waals surface area (Å²) in [7, 11) is 0. The Morgan fingerprint density at radius 3 is 2.29 bits per heavy atom. The lowest BCUT2D eigenvalue weighted by Crippen LogP contribution is -2.34. The van der Waals surface area contributed by atoms with Crippen molar-refractivity contribution in [2.24, 2.45) is 0 Å². The Balaban J connectivity index is 3.83. The second-order valence-electron chi connectivity index (χ2n) is 4.31. The summed E-state index contributed by atoms with van der Waals surface area (Å²) >= 11 is 0. The molecule has 0 radical (unpaired) electrons. The molecule has 0 aromatic rings. The molecule has 0 aromatic heterocycles. The topological polar surface area (TPSA) is 49.4 Å². The molecular formula is C13H26N2O2. The number of nitrogens with one attached hydrogen (secondary N) is 1. The maximum absolute atomic E-state index is 11.4. The smallest absolute Gasteiger partial charge is 0.221 e. The lowest BCUT2D eigenvalue weighted by molar-refractivity contribution is -0.129.